The van der Waals surface area contributed by atoms with Gasteiger partial charge >= 0.3 is 0 Å². The highest BCUT2D eigenvalue weighted by molar-refractivity contribution is 7.98. The van der Waals surface area contributed by atoms with Crippen LogP contribution >= 0.6 is 23.1 Å². The van der Waals surface area contributed by atoms with Gasteiger partial charge in [0.25, 0.3) is 5.91 Å². The molecule has 1 aromatic carbocycles. The molecular formula is C16H20N2O3S2. The van der Waals surface area contributed by atoms with Crippen molar-refractivity contribution in [1.29, 1.82) is 0 Å². The molecule has 0 spiro atoms. The summed E-state index contributed by atoms with van der Waals surface area (Å²) in [5.41, 5.74) is 1.03. The third-order valence-electron chi connectivity index (χ3n) is 3.84. The first kappa shape index (κ1) is 16.4. The number of thiazole rings is 1. The Labute approximate surface area is 143 Å². The van der Waals surface area contributed by atoms with E-state index in [1.54, 1.807) is 26.0 Å². The van der Waals surface area contributed by atoms with Gasteiger partial charge in [-0.05, 0) is 19.1 Å². The number of methoxy groups -OCH3 is 2. The Kier molecular flexibility index (Phi) is 4.96. The van der Waals surface area contributed by atoms with Gasteiger partial charge in [0, 0.05) is 30.3 Å². The van der Waals surface area contributed by atoms with Gasteiger partial charge in [-0.1, -0.05) is 11.3 Å². The first-order chi connectivity index (χ1) is 11.2. The Balaban J connectivity index is 2.15. The fourth-order valence-electron chi connectivity index (χ4n) is 2.40. The number of amides is 1. The van der Waals surface area contributed by atoms with Crippen molar-refractivity contribution in [3.63, 3.8) is 0 Å². The minimum atomic E-state index is 0.00777. The van der Waals surface area contributed by atoms with Gasteiger partial charge in [-0.25, -0.2) is 0 Å². The number of rotatable bonds is 6. The molecule has 5 nitrogen and oxygen atoms in total. The minimum absolute atomic E-state index is 0.00777. The standard InChI is InChI=1S/C16H20N2O3S2/c1-20-12-8-11-14(9-13(12)21-2)23-16(18(11)6-7-22-3)17-15(19)10-4-5-10/h8-10H,4-7H2,1-3H3. The van der Waals surface area contributed by atoms with Crippen molar-refractivity contribution in [2.75, 3.05) is 26.2 Å². The number of hydrogen-bond donors (Lipinski definition) is 0. The summed E-state index contributed by atoms with van der Waals surface area (Å²) in [5, 5.41) is 0. The van der Waals surface area contributed by atoms with Gasteiger partial charge in [0.05, 0.1) is 24.4 Å². The predicted octanol–water partition coefficient (Wildman–Crippen LogP) is 2.92. The van der Waals surface area contributed by atoms with Crippen molar-refractivity contribution in [1.82, 2.24) is 4.57 Å². The molecule has 23 heavy (non-hydrogen) atoms. The van der Waals surface area contributed by atoms with E-state index in [0.717, 1.165) is 40.2 Å². The van der Waals surface area contributed by atoms with Crippen molar-refractivity contribution in [2.24, 2.45) is 10.9 Å². The van der Waals surface area contributed by atoms with Gasteiger partial charge in [0.1, 0.15) is 0 Å². The molecule has 0 aliphatic heterocycles. The van der Waals surface area contributed by atoms with Gasteiger partial charge in [-0.3, -0.25) is 4.79 Å². The lowest BCUT2D eigenvalue weighted by molar-refractivity contribution is -0.119. The number of nitrogens with zero attached hydrogens (tertiary/aromatic N) is 2. The number of thioether (sulfide) groups is 1. The second kappa shape index (κ2) is 6.97. The quantitative estimate of drug-likeness (QED) is 0.802. The number of aromatic nitrogens is 1. The Hall–Kier alpha value is -1.47. The summed E-state index contributed by atoms with van der Waals surface area (Å²) in [6.45, 7) is 0.813. The van der Waals surface area contributed by atoms with E-state index in [9.17, 15) is 4.79 Å². The maximum atomic E-state index is 12.1. The topological polar surface area (TPSA) is 52.8 Å². The lowest BCUT2D eigenvalue weighted by Gasteiger charge is -2.09. The third-order valence-corrected chi connectivity index (χ3v) is 5.47. The van der Waals surface area contributed by atoms with Crippen LogP contribution in [0, 0.1) is 5.92 Å². The zero-order valence-corrected chi connectivity index (χ0v) is 15.1. The van der Waals surface area contributed by atoms with Crippen LogP contribution < -0.4 is 14.3 Å². The van der Waals surface area contributed by atoms with E-state index in [2.05, 4.69) is 15.8 Å². The summed E-state index contributed by atoms with van der Waals surface area (Å²) in [4.78, 5) is 17.2. The predicted molar refractivity (Wildman–Crippen MR) is 94.6 cm³/mol. The molecule has 0 unspecified atom stereocenters. The Bertz CT molecular complexity index is 790. The summed E-state index contributed by atoms with van der Waals surface area (Å²) in [6, 6.07) is 3.92. The molecule has 1 saturated carbocycles. The lowest BCUT2D eigenvalue weighted by atomic mass is 10.3. The molecule has 1 aliphatic carbocycles. The molecule has 124 valence electrons. The summed E-state index contributed by atoms with van der Waals surface area (Å²) in [5.74, 6) is 2.49. The average Bonchev–Trinajstić information content (AvgIpc) is 3.35. The molecule has 3 rings (SSSR count). The van der Waals surface area contributed by atoms with Crippen LogP contribution in [0.1, 0.15) is 12.8 Å². The van der Waals surface area contributed by atoms with Crippen LogP contribution in [-0.4, -0.2) is 36.7 Å². The molecule has 0 saturated heterocycles. The second-order valence-corrected chi connectivity index (χ2v) is 7.42. The molecular weight excluding hydrogens is 332 g/mol. The van der Waals surface area contributed by atoms with Crippen LogP contribution in [0.25, 0.3) is 10.2 Å². The third kappa shape index (κ3) is 3.40. The van der Waals surface area contributed by atoms with Gasteiger partial charge in [-0.15, -0.1) is 0 Å². The van der Waals surface area contributed by atoms with E-state index in [4.69, 9.17) is 9.47 Å². The zero-order valence-electron chi connectivity index (χ0n) is 13.5. The van der Waals surface area contributed by atoms with Crippen LogP contribution in [0.15, 0.2) is 17.1 Å². The maximum absolute atomic E-state index is 12.1. The Morgan fingerprint density at radius 3 is 2.65 bits per heavy atom. The van der Waals surface area contributed by atoms with Crippen LogP contribution in [0.3, 0.4) is 0 Å². The van der Waals surface area contributed by atoms with Crippen LogP contribution in [-0.2, 0) is 11.3 Å². The van der Waals surface area contributed by atoms with Crippen molar-refractivity contribution in [2.45, 2.75) is 19.4 Å². The molecule has 1 fully saturated rings. The molecule has 0 radical (unpaired) electrons. The monoisotopic (exact) mass is 352 g/mol. The number of carbonyl (C=O) groups excluding carboxylic acids is 1. The second-order valence-electron chi connectivity index (χ2n) is 5.43. The highest BCUT2D eigenvalue weighted by Gasteiger charge is 2.29. The number of fused-ring (bicyclic) bond motifs is 1. The van der Waals surface area contributed by atoms with E-state index in [0.29, 0.717) is 11.5 Å². The van der Waals surface area contributed by atoms with E-state index < -0.39 is 0 Å². The van der Waals surface area contributed by atoms with Crippen LogP contribution in [0.5, 0.6) is 11.5 Å². The van der Waals surface area contributed by atoms with E-state index in [1.165, 1.54) is 11.3 Å². The Morgan fingerprint density at radius 2 is 2.04 bits per heavy atom. The van der Waals surface area contributed by atoms with Crippen molar-refractivity contribution >= 4 is 39.2 Å². The summed E-state index contributed by atoms with van der Waals surface area (Å²) in [7, 11) is 3.26. The first-order valence-electron chi connectivity index (χ1n) is 7.50. The van der Waals surface area contributed by atoms with E-state index in [-0.39, 0.29) is 11.8 Å². The maximum Gasteiger partial charge on any atom is 0.251 e. The number of carbonyl (C=O) groups is 1. The molecule has 0 N–H and O–H groups in total. The van der Waals surface area contributed by atoms with Crippen LogP contribution in [0.2, 0.25) is 0 Å². The molecule has 0 atom stereocenters. The minimum Gasteiger partial charge on any atom is -0.493 e. The normalized spacial score (nSPS) is 15.2. The van der Waals surface area contributed by atoms with Gasteiger partial charge in [0.15, 0.2) is 16.3 Å². The van der Waals surface area contributed by atoms with E-state index >= 15 is 0 Å². The van der Waals surface area contributed by atoms with E-state index in [1.807, 2.05) is 12.1 Å². The molecule has 2 aromatic rings. The Morgan fingerprint density at radius 1 is 1.35 bits per heavy atom. The largest absolute Gasteiger partial charge is 0.493 e. The summed E-state index contributed by atoms with van der Waals surface area (Å²) < 4.78 is 13.9. The van der Waals surface area contributed by atoms with Crippen molar-refractivity contribution in [3.8, 4) is 11.5 Å². The number of hydrogen-bond acceptors (Lipinski definition) is 5. The number of benzene rings is 1. The summed E-state index contributed by atoms with van der Waals surface area (Å²) in [6.07, 6.45) is 4.02. The highest BCUT2D eigenvalue weighted by atomic mass is 32.2. The molecule has 7 heteroatoms. The molecule has 0 bridgehead atoms. The van der Waals surface area contributed by atoms with Gasteiger partial charge in [-0.2, -0.15) is 16.8 Å². The van der Waals surface area contributed by atoms with Gasteiger partial charge < -0.3 is 14.0 Å². The van der Waals surface area contributed by atoms with Crippen molar-refractivity contribution in [3.05, 3.63) is 16.9 Å². The number of ether oxygens (including phenoxy) is 2. The SMILES string of the molecule is COc1cc2sc(=NC(=O)C3CC3)n(CCSC)c2cc1OC. The van der Waals surface area contributed by atoms with Crippen molar-refractivity contribution < 1.29 is 14.3 Å². The molecule has 1 amide bonds. The highest BCUT2D eigenvalue weighted by Crippen LogP contribution is 2.34. The fourth-order valence-corrected chi connectivity index (χ4v) is 3.83. The lowest BCUT2D eigenvalue weighted by Crippen LogP contribution is -2.18. The smallest absolute Gasteiger partial charge is 0.251 e. The molecule has 1 aromatic heterocycles. The van der Waals surface area contributed by atoms with Gasteiger partial charge in [0.2, 0.25) is 0 Å². The number of aryl methyl sites for hydroxylation is 1. The molecule has 1 aliphatic rings. The average molecular weight is 352 g/mol. The molecule has 1 heterocycles. The first-order valence-corrected chi connectivity index (χ1v) is 9.71. The summed E-state index contributed by atoms with van der Waals surface area (Å²) >= 11 is 3.30. The van der Waals surface area contributed by atoms with Crippen LogP contribution in [0.4, 0.5) is 0 Å². The zero-order chi connectivity index (χ0) is 16.4. The fraction of sp³-hybridized carbons (Fsp3) is 0.500.